The first-order valence-corrected chi connectivity index (χ1v) is 16.5. The summed E-state index contributed by atoms with van der Waals surface area (Å²) in [5.41, 5.74) is 11.7. The Balaban J connectivity index is 1.36. The van der Waals surface area contributed by atoms with Crippen LogP contribution in [0, 0.1) is 0 Å². The van der Waals surface area contributed by atoms with E-state index in [2.05, 4.69) is 204 Å². The Morgan fingerprint density at radius 1 is 0.375 bits per heavy atom. The fourth-order valence-electron chi connectivity index (χ4n) is 7.28. The van der Waals surface area contributed by atoms with Gasteiger partial charge >= 0.3 is 0 Å². The molecule has 0 bridgehead atoms. The van der Waals surface area contributed by atoms with Crippen molar-refractivity contribution in [2.24, 2.45) is 0 Å². The molecule has 0 spiro atoms. The molecule has 0 saturated carbocycles. The first kappa shape index (κ1) is 27.9. The van der Waals surface area contributed by atoms with Gasteiger partial charge in [0.2, 0.25) is 0 Å². The largest absolute Gasteiger partial charge is 0.310 e. The van der Waals surface area contributed by atoms with Gasteiger partial charge in [0.05, 0.1) is 16.7 Å². The van der Waals surface area contributed by atoms with Crippen LogP contribution in [-0.2, 0) is 0 Å². The number of para-hydroxylation sites is 2. The van der Waals surface area contributed by atoms with Crippen LogP contribution < -0.4 is 4.90 Å². The van der Waals surface area contributed by atoms with E-state index < -0.39 is 0 Å². The van der Waals surface area contributed by atoms with Crippen LogP contribution in [0.2, 0.25) is 0 Å². The van der Waals surface area contributed by atoms with Crippen LogP contribution in [0.25, 0.3) is 60.5 Å². The molecule has 1 aromatic heterocycles. The van der Waals surface area contributed by atoms with Crippen LogP contribution in [-0.4, -0.2) is 4.57 Å². The molecular formula is C46H32N2. The van der Waals surface area contributed by atoms with Crippen LogP contribution in [0.1, 0.15) is 0 Å². The SMILES string of the molecule is c1ccc(-c2cccc3c2c2c(N(c4ccccc4)c4cccc(-c5cccc6ccccc56)c4)cccc2n3-c2ccccc2)cc1. The standard InChI is InChI=1S/C46H32N2/c1-4-16-34(17-5-1)41-28-14-29-42-45(41)46-43(30-15-31-44(46)48(42)37-23-8-3-9-24-37)47(36-21-6-2-7-22-36)38-25-12-20-35(32-38)40-27-13-19-33-18-10-11-26-39(33)40/h1-32H. The number of hydrogen-bond donors (Lipinski definition) is 0. The smallest absolute Gasteiger partial charge is 0.0562 e. The lowest BCUT2D eigenvalue weighted by Crippen LogP contribution is -2.10. The number of anilines is 3. The third kappa shape index (κ3) is 4.66. The summed E-state index contributed by atoms with van der Waals surface area (Å²) in [6, 6.07) is 69.9. The number of benzene rings is 8. The molecule has 0 saturated heterocycles. The van der Waals surface area contributed by atoms with E-state index in [1.165, 1.54) is 54.8 Å². The number of rotatable bonds is 6. The lowest BCUT2D eigenvalue weighted by Gasteiger charge is -2.27. The Labute approximate surface area is 280 Å². The maximum absolute atomic E-state index is 2.42. The van der Waals surface area contributed by atoms with Gasteiger partial charge in [0, 0.05) is 27.8 Å². The fraction of sp³-hybridized carbons (Fsp3) is 0. The first-order chi connectivity index (χ1) is 23.8. The molecule has 226 valence electrons. The van der Waals surface area contributed by atoms with Crippen molar-refractivity contribution in [1.82, 2.24) is 4.57 Å². The number of fused-ring (bicyclic) bond motifs is 4. The Morgan fingerprint density at radius 2 is 0.938 bits per heavy atom. The molecule has 2 nitrogen and oxygen atoms in total. The van der Waals surface area contributed by atoms with Crippen molar-refractivity contribution in [1.29, 1.82) is 0 Å². The zero-order valence-corrected chi connectivity index (χ0v) is 26.4. The second-order valence-corrected chi connectivity index (χ2v) is 12.2. The highest BCUT2D eigenvalue weighted by Crippen LogP contribution is 2.47. The Morgan fingerprint density at radius 3 is 1.75 bits per heavy atom. The fourth-order valence-corrected chi connectivity index (χ4v) is 7.28. The summed E-state index contributed by atoms with van der Waals surface area (Å²) in [5.74, 6) is 0. The lowest BCUT2D eigenvalue weighted by atomic mass is 9.97. The average molecular weight is 613 g/mol. The quantitative estimate of drug-likeness (QED) is 0.181. The molecule has 0 unspecified atom stereocenters. The number of aromatic nitrogens is 1. The monoisotopic (exact) mass is 612 g/mol. The van der Waals surface area contributed by atoms with Crippen molar-refractivity contribution in [2.75, 3.05) is 4.90 Å². The van der Waals surface area contributed by atoms with Gasteiger partial charge in [-0.2, -0.15) is 0 Å². The average Bonchev–Trinajstić information content (AvgIpc) is 3.51. The summed E-state index contributed by atoms with van der Waals surface area (Å²) in [6.45, 7) is 0. The van der Waals surface area contributed by atoms with Crippen LogP contribution in [0.5, 0.6) is 0 Å². The van der Waals surface area contributed by atoms with E-state index in [-0.39, 0.29) is 0 Å². The summed E-state index contributed by atoms with van der Waals surface area (Å²) >= 11 is 0. The van der Waals surface area contributed by atoms with Gasteiger partial charge in [-0.15, -0.1) is 0 Å². The van der Waals surface area contributed by atoms with E-state index in [0.717, 1.165) is 22.7 Å². The summed E-state index contributed by atoms with van der Waals surface area (Å²) in [5, 5.41) is 4.95. The highest BCUT2D eigenvalue weighted by atomic mass is 15.1. The highest BCUT2D eigenvalue weighted by molar-refractivity contribution is 6.21. The zero-order chi connectivity index (χ0) is 31.9. The second kappa shape index (κ2) is 11.8. The molecule has 0 atom stereocenters. The van der Waals surface area contributed by atoms with Crippen molar-refractivity contribution in [2.45, 2.75) is 0 Å². The second-order valence-electron chi connectivity index (χ2n) is 12.2. The van der Waals surface area contributed by atoms with E-state index in [1.54, 1.807) is 0 Å². The van der Waals surface area contributed by atoms with Gasteiger partial charge in [-0.3, -0.25) is 0 Å². The minimum atomic E-state index is 1.11. The van der Waals surface area contributed by atoms with Crippen molar-refractivity contribution < 1.29 is 0 Å². The van der Waals surface area contributed by atoms with Gasteiger partial charge in [-0.25, -0.2) is 0 Å². The first-order valence-electron chi connectivity index (χ1n) is 16.5. The van der Waals surface area contributed by atoms with E-state index in [4.69, 9.17) is 0 Å². The summed E-state index contributed by atoms with van der Waals surface area (Å²) < 4.78 is 2.41. The Hall–Kier alpha value is -6.38. The lowest BCUT2D eigenvalue weighted by molar-refractivity contribution is 1.18. The maximum Gasteiger partial charge on any atom is 0.0562 e. The van der Waals surface area contributed by atoms with Gasteiger partial charge in [-0.1, -0.05) is 140 Å². The Kier molecular flexibility index (Phi) is 6.84. The van der Waals surface area contributed by atoms with Crippen molar-refractivity contribution in [3.05, 3.63) is 194 Å². The highest BCUT2D eigenvalue weighted by Gasteiger charge is 2.23. The molecule has 2 heteroatoms. The van der Waals surface area contributed by atoms with Crippen molar-refractivity contribution in [3.63, 3.8) is 0 Å². The van der Waals surface area contributed by atoms with E-state index in [0.29, 0.717) is 0 Å². The molecule has 48 heavy (non-hydrogen) atoms. The van der Waals surface area contributed by atoms with Gasteiger partial charge in [0.15, 0.2) is 0 Å². The molecule has 9 rings (SSSR count). The van der Waals surface area contributed by atoms with Crippen LogP contribution >= 0.6 is 0 Å². The van der Waals surface area contributed by atoms with Crippen LogP contribution in [0.4, 0.5) is 17.1 Å². The predicted octanol–water partition coefficient (Wildman–Crippen LogP) is 12.7. The molecule has 1 heterocycles. The van der Waals surface area contributed by atoms with Crippen molar-refractivity contribution in [3.8, 4) is 27.9 Å². The van der Waals surface area contributed by atoms with Crippen molar-refractivity contribution >= 4 is 49.6 Å². The zero-order valence-electron chi connectivity index (χ0n) is 26.4. The van der Waals surface area contributed by atoms with E-state index >= 15 is 0 Å². The molecule has 0 aliphatic carbocycles. The molecule has 0 amide bonds. The summed E-state index contributed by atoms with van der Waals surface area (Å²) in [6.07, 6.45) is 0. The van der Waals surface area contributed by atoms with E-state index in [1.807, 2.05) is 0 Å². The predicted molar refractivity (Wildman–Crippen MR) is 204 cm³/mol. The van der Waals surface area contributed by atoms with Gasteiger partial charge in [0.25, 0.3) is 0 Å². The van der Waals surface area contributed by atoms with Gasteiger partial charge in [-0.05, 0) is 87.6 Å². The number of hydrogen-bond acceptors (Lipinski definition) is 1. The normalized spacial score (nSPS) is 11.3. The maximum atomic E-state index is 2.42. The topological polar surface area (TPSA) is 8.17 Å². The number of nitrogens with zero attached hydrogens (tertiary/aromatic N) is 2. The molecule has 0 N–H and O–H groups in total. The van der Waals surface area contributed by atoms with Gasteiger partial charge < -0.3 is 9.47 Å². The molecule has 8 aromatic carbocycles. The molecule has 0 aliphatic heterocycles. The molecule has 0 fully saturated rings. The third-order valence-electron chi connectivity index (χ3n) is 9.35. The van der Waals surface area contributed by atoms with Crippen LogP contribution in [0.3, 0.4) is 0 Å². The Bertz CT molecular complexity index is 2540. The van der Waals surface area contributed by atoms with Crippen LogP contribution in [0.15, 0.2) is 194 Å². The molecular weight excluding hydrogens is 581 g/mol. The third-order valence-corrected chi connectivity index (χ3v) is 9.35. The molecule has 0 radical (unpaired) electrons. The summed E-state index contributed by atoms with van der Waals surface area (Å²) in [4.78, 5) is 2.42. The summed E-state index contributed by atoms with van der Waals surface area (Å²) in [7, 11) is 0. The van der Waals surface area contributed by atoms with E-state index in [9.17, 15) is 0 Å². The molecule has 0 aliphatic rings. The minimum Gasteiger partial charge on any atom is -0.310 e. The molecule has 9 aromatic rings. The van der Waals surface area contributed by atoms with Gasteiger partial charge in [0.1, 0.15) is 0 Å². The minimum absolute atomic E-state index is 1.11.